The normalized spacial score (nSPS) is 32.7. The van der Waals surface area contributed by atoms with Crippen LogP contribution in [-0.4, -0.2) is 7.28 Å². The van der Waals surface area contributed by atoms with Crippen LogP contribution in [0.3, 0.4) is 0 Å². The first kappa shape index (κ1) is 14.6. The van der Waals surface area contributed by atoms with Gasteiger partial charge in [0.2, 0.25) is 0 Å². The minimum atomic E-state index is 0.783. The zero-order valence-corrected chi connectivity index (χ0v) is 13.8. The average Bonchev–Trinajstić information content (AvgIpc) is 2.72. The number of fused-ring (bicyclic) bond motifs is 1. The molecule has 0 saturated heterocycles. The molecule has 4 rings (SSSR count). The van der Waals surface area contributed by atoms with Crippen LogP contribution < -0.4 is 0 Å². The fourth-order valence-corrected chi connectivity index (χ4v) is 5.21. The molecule has 0 N–H and O–H groups in total. The summed E-state index contributed by atoms with van der Waals surface area (Å²) < 4.78 is 0. The fourth-order valence-electron chi connectivity index (χ4n) is 5.21. The van der Waals surface area contributed by atoms with Gasteiger partial charge in [0.05, 0.1) is 0 Å². The Morgan fingerprint density at radius 3 is 2.73 bits per heavy atom. The smallest absolute Gasteiger partial charge is 0.103 e. The minimum Gasteiger partial charge on any atom is -0.103 e. The predicted octanol–water partition coefficient (Wildman–Crippen LogP) is 5.75. The summed E-state index contributed by atoms with van der Waals surface area (Å²) in [6.07, 6.45) is 20.6. The summed E-state index contributed by atoms with van der Waals surface area (Å²) in [5.74, 6) is 2.57. The van der Waals surface area contributed by atoms with Crippen LogP contribution in [-0.2, 0) is 0 Å². The van der Waals surface area contributed by atoms with Crippen molar-refractivity contribution in [3.8, 4) is 0 Å². The maximum absolute atomic E-state index is 4.22. The van der Waals surface area contributed by atoms with Gasteiger partial charge in [-0.3, -0.25) is 0 Å². The highest BCUT2D eigenvalue weighted by molar-refractivity contribution is 6.54. The standard InChI is InChI=1S/C21H28B/c1-15-10-12-16(13-11-15)19-14-17-6-2-4-8-20(17)22-21-9-5-3-7-18(19)21/h2,4,8,16-17,19H,1,3,5-7,9-14H2/t17-,19?/m0/s1. The summed E-state index contributed by atoms with van der Waals surface area (Å²) in [4.78, 5) is 0. The van der Waals surface area contributed by atoms with Crippen molar-refractivity contribution in [2.75, 3.05) is 0 Å². The van der Waals surface area contributed by atoms with Gasteiger partial charge in [0, 0.05) is 0 Å². The van der Waals surface area contributed by atoms with Gasteiger partial charge in [-0.1, -0.05) is 47.8 Å². The first-order chi connectivity index (χ1) is 10.8. The molecule has 0 nitrogen and oxygen atoms in total. The van der Waals surface area contributed by atoms with Gasteiger partial charge in [0.15, 0.2) is 7.28 Å². The van der Waals surface area contributed by atoms with Crippen molar-refractivity contribution in [1.29, 1.82) is 0 Å². The van der Waals surface area contributed by atoms with E-state index in [2.05, 4.69) is 32.1 Å². The van der Waals surface area contributed by atoms with Crippen molar-refractivity contribution in [2.45, 2.75) is 64.2 Å². The molecular weight excluding hydrogens is 263 g/mol. The molecular formula is C21H28B. The van der Waals surface area contributed by atoms with Crippen LogP contribution in [0.15, 0.2) is 46.9 Å². The highest BCUT2D eigenvalue weighted by Gasteiger charge is 2.35. The van der Waals surface area contributed by atoms with E-state index in [9.17, 15) is 0 Å². The Balaban J connectivity index is 1.64. The van der Waals surface area contributed by atoms with Crippen LogP contribution in [0.4, 0.5) is 0 Å². The average molecular weight is 291 g/mol. The molecule has 1 fully saturated rings. The summed E-state index contributed by atoms with van der Waals surface area (Å²) >= 11 is 0. The maximum atomic E-state index is 4.22. The van der Waals surface area contributed by atoms with Crippen LogP contribution in [0.1, 0.15) is 64.2 Å². The SMILES string of the molecule is C=C1CCC(C2C[C@@H]3CC=CC=C3[B]C3=C2CCCC3)CC1. The molecule has 3 aliphatic carbocycles. The lowest BCUT2D eigenvalue weighted by Gasteiger charge is -2.36. The van der Waals surface area contributed by atoms with E-state index in [1.54, 1.807) is 10.9 Å². The molecule has 1 heteroatoms. The first-order valence-corrected chi connectivity index (χ1v) is 9.41. The van der Waals surface area contributed by atoms with Gasteiger partial charge < -0.3 is 0 Å². The number of allylic oxidation sites excluding steroid dienone is 7. The first-order valence-electron chi connectivity index (χ1n) is 9.41. The lowest BCUT2D eigenvalue weighted by Crippen LogP contribution is -2.24. The molecule has 0 aromatic heterocycles. The summed E-state index contributed by atoms with van der Waals surface area (Å²) in [7, 11) is 2.59. The molecule has 1 saturated carbocycles. The molecule has 0 spiro atoms. The van der Waals surface area contributed by atoms with Gasteiger partial charge in [-0.05, 0) is 75.5 Å². The third-order valence-corrected chi connectivity index (χ3v) is 6.50. The van der Waals surface area contributed by atoms with Crippen molar-refractivity contribution < 1.29 is 0 Å². The zero-order valence-electron chi connectivity index (χ0n) is 13.8. The second-order valence-electron chi connectivity index (χ2n) is 7.86. The Hall–Kier alpha value is -0.975. The minimum absolute atomic E-state index is 0.783. The Bertz CT molecular complexity index is 538. The quantitative estimate of drug-likeness (QED) is 0.426. The molecule has 115 valence electrons. The van der Waals surface area contributed by atoms with Gasteiger partial charge >= 0.3 is 0 Å². The largest absolute Gasteiger partial charge is 0.180 e. The van der Waals surface area contributed by atoms with E-state index in [1.165, 1.54) is 69.8 Å². The Kier molecular flexibility index (Phi) is 4.16. The second-order valence-corrected chi connectivity index (χ2v) is 7.86. The predicted molar refractivity (Wildman–Crippen MR) is 95.8 cm³/mol. The van der Waals surface area contributed by atoms with Crippen molar-refractivity contribution in [1.82, 2.24) is 0 Å². The van der Waals surface area contributed by atoms with Crippen LogP contribution in [0, 0.1) is 17.8 Å². The monoisotopic (exact) mass is 291 g/mol. The topological polar surface area (TPSA) is 0 Å². The third-order valence-electron chi connectivity index (χ3n) is 6.50. The molecule has 0 bridgehead atoms. The van der Waals surface area contributed by atoms with Gasteiger partial charge in [0.25, 0.3) is 0 Å². The molecule has 4 aliphatic rings. The van der Waals surface area contributed by atoms with E-state index < -0.39 is 0 Å². The molecule has 1 heterocycles. The van der Waals surface area contributed by atoms with Crippen LogP contribution in [0.25, 0.3) is 0 Å². The molecule has 2 atom stereocenters. The Morgan fingerprint density at radius 1 is 1.05 bits per heavy atom. The van der Waals surface area contributed by atoms with Crippen molar-refractivity contribution in [2.24, 2.45) is 17.8 Å². The maximum Gasteiger partial charge on any atom is 0.180 e. The van der Waals surface area contributed by atoms with E-state index in [1.807, 2.05) is 5.57 Å². The lowest BCUT2D eigenvalue weighted by molar-refractivity contribution is 0.265. The van der Waals surface area contributed by atoms with E-state index in [4.69, 9.17) is 0 Å². The van der Waals surface area contributed by atoms with Crippen molar-refractivity contribution >= 4 is 7.28 Å². The van der Waals surface area contributed by atoms with Gasteiger partial charge in [-0.2, -0.15) is 0 Å². The molecule has 0 aromatic rings. The van der Waals surface area contributed by atoms with Crippen LogP contribution >= 0.6 is 0 Å². The molecule has 1 aliphatic heterocycles. The lowest BCUT2D eigenvalue weighted by atomic mass is 9.55. The highest BCUT2D eigenvalue weighted by Crippen LogP contribution is 2.47. The summed E-state index contributed by atoms with van der Waals surface area (Å²) in [5.41, 5.74) is 6.71. The number of rotatable bonds is 1. The Morgan fingerprint density at radius 2 is 1.86 bits per heavy atom. The van der Waals surface area contributed by atoms with E-state index in [0.29, 0.717) is 0 Å². The van der Waals surface area contributed by atoms with E-state index in [0.717, 1.165) is 17.8 Å². The molecule has 0 aromatic carbocycles. The van der Waals surface area contributed by atoms with E-state index >= 15 is 0 Å². The van der Waals surface area contributed by atoms with Gasteiger partial charge in [-0.15, -0.1) is 5.47 Å². The van der Waals surface area contributed by atoms with E-state index in [-0.39, 0.29) is 0 Å². The molecule has 1 radical (unpaired) electrons. The van der Waals surface area contributed by atoms with Crippen molar-refractivity contribution in [3.05, 3.63) is 46.9 Å². The summed E-state index contributed by atoms with van der Waals surface area (Å²) in [5, 5.41) is 0. The number of hydrogen-bond donors (Lipinski definition) is 0. The molecule has 0 amide bonds. The van der Waals surface area contributed by atoms with Gasteiger partial charge in [-0.25, -0.2) is 0 Å². The van der Waals surface area contributed by atoms with Crippen molar-refractivity contribution in [3.63, 3.8) is 0 Å². The second kappa shape index (κ2) is 6.26. The number of hydrogen-bond acceptors (Lipinski definition) is 0. The Labute approximate surface area is 136 Å². The fraction of sp³-hybridized carbons (Fsp3) is 0.619. The summed E-state index contributed by atoms with van der Waals surface area (Å²) in [6.45, 7) is 4.22. The molecule has 22 heavy (non-hydrogen) atoms. The third kappa shape index (κ3) is 2.80. The van der Waals surface area contributed by atoms with Crippen LogP contribution in [0.5, 0.6) is 0 Å². The highest BCUT2D eigenvalue weighted by atomic mass is 14.4. The summed E-state index contributed by atoms with van der Waals surface area (Å²) in [6, 6.07) is 0. The zero-order chi connectivity index (χ0) is 14.9. The van der Waals surface area contributed by atoms with Gasteiger partial charge in [0.1, 0.15) is 0 Å². The van der Waals surface area contributed by atoms with Crippen LogP contribution in [0.2, 0.25) is 0 Å². The molecule has 1 unspecified atom stereocenters.